The van der Waals surface area contributed by atoms with Crippen molar-refractivity contribution in [3.8, 4) is 11.4 Å². The third kappa shape index (κ3) is 3.52. The maximum absolute atomic E-state index is 5.27. The van der Waals surface area contributed by atoms with Crippen molar-refractivity contribution in [2.75, 3.05) is 0 Å². The van der Waals surface area contributed by atoms with Gasteiger partial charge in [0, 0.05) is 11.8 Å². The lowest BCUT2D eigenvalue weighted by molar-refractivity contribution is 0.871. The molecule has 0 fully saturated rings. The van der Waals surface area contributed by atoms with Gasteiger partial charge in [-0.05, 0) is 36.3 Å². The minimum atomic E-state index is 0.465. The van der Waals surface area contributed by atoms with Crippen molar-refractivity contribution in [2.45, 2.75) is 6.92 Å². The fourth-order valence-corrected chi connectivity index (χ4v) is 2.40. The van der Waals surface area contributed by atoms with Crippen LogP contribution in [0.4, 0.5) is 0 Å². The summed E-state index contributed by atoms with van der Waals surface area (Å²) < 4.78 is 2.10. The van der Waals surface area contributed by atoms with Crippen LogP contribution >= 0.6 is 12.2 Å². The topological polar surface area (TPSA) is 46.0 Å². The van der Waals surface area contributed by atoms with Crippen molar-refractivity contribution in [1.29, 1.82) is 0 Å². The van der Waals surface area contributed by atoms with Crippen molar-refractivity contribution in [2.24, 2.45) is 5.10 Å². The van der Waals surface area contributed by atoms with E-state index in [9.17, 15) is 0 Å². The van der Waals surface area contributed by atoms with Gasteiger partial charge in [-0.3, -0.25) is 0 Å². The Morgan fingerprint density at radius 3 is 2.61 bits per heavy atom. The molecular formula is C18H16N4S. The van der Waals surface area contributed by atoms with E-state index in [1.165, 1.54) is 0 Å². The Bertz CT molecular complexity index is 904. The molecule has 1 heterocycles. The number of aryl methyl sites for hydroxylation is 1. The number of benzene rings is 2. The fourth-order valence-electron chi connectivity index (χ4n) is 2.22. The first-order valence-electron chi connectivity index (χ1n) is 7.25. The molecule has 114 valence electrons. The standard InChI is InChI=1S/C18H16N4S/c1-14-8-5-6-12-16(14)17-20-21-18(23)22(17)19-13-7-11-15-9-3-2-4-10-15/h2-13H,1H3,(H,21,23). The number of aromatic nitrogens is 3. The summed E-state index contributed by atoms with van der Waals surface area (Å²) >= 11 is 5.27. The Balaban J connectivity index is 1.88. The van der Waals surface area contributed by atoms with Gasteiger partial charge in [0.15, 0.2) is 5.82 Å². The van der Waals surface area contributed by atoms with Crippen LogP contribution in [-0.2, 0) is 0 Å². The van der Waals surface area contributed by atoms with Gasteiger partial charge < -0.3 is 0 Å². The van der Waals surface area contributed by atoms with E-state index >= 15 is 0 Å². The van der Waals surface area contributed by atoms with Gasteiger partial charge in [0.1, 0.15) is 0 Å². The lowest BCUT2D eigenvalue weighted by Crippen LogP contribution is -1.95. The molecular weight excluding hydrogens is 304 g/mol. The SMILES string of the molecule is Cc1ccccc1-c1n[nH]c(=S)n1N=CC=Cc1ccccc1. The highest BCUT2D eigenvalue weighted by atomic mass is 32.1. The van der Waals surface area contributed by atoms with Gasteiger partial charge in [-0.25, -0.2) is 5.10 Å². The average molecular weight is 320 g/mol. The van der Waals surface area contributed by atoms with E-state index in [2.05, 4.69) is 15.3 Å². The number of nitrogens with zero attached hydrogens (tertiary/aromatic N) is 3. The Morgan fingerprint density at radius 2 is 1.83 bits per heavy atom. The molecule has 0 saturated carbocycles. The monoisotopic (exact) mass is 320 g/mol. The second-order valence-electron chi connectivity index (χ2n) is 5.01. The third-order valence-corrected chi connectivity index (χ3v) is 3.66. The van der Waals surface area contributed by atoms with Crippen LogP contribution in [0.1, 0.15) is 11.1 Å². The van der Waals surface area contributed by atoms with Crippen LogP contribution in [0.25, 0.3) is 17.5 Å². The molecule has 0 aliphatic carbocycles. The van der Waals surface area contributed by atoms with Gasteiger partial charge in [-0.2, -0.15) is 14.9 Å². The first kappa shape index (κ1) is 15.1. The summed E-state index contributed by atoms with van der Waals surface area (Å²) in [7, 11) is 0. The zero-order chi connectivity index (χ0) is 16.1. The van der Waals surface area contributed by atoms with Crippen LogP contribution in [0.15, 0.2) is 65.8 Å². The maximum atomic E-state index is 5.27. The highest BCUT2D eigenvalue weighted by Gasteiger charge is 2.09. The number of hydrogen-bond donors (Lipinski definition) is 1. The largest absolute Gasteiger partial charge is 0.250 e. The number of nitrogens with one attached hydrogen (secondary N) is 1. The smallest absolute Gasteiger partial charge is 0.216 e. The molecule has 0 atom stereocenters. The number of allylic oxidation sites excluding steroid dienone is 1. The first-order valence-corrected chi connectivity index (χ1v) is 7.66. The van der Waals surface area contributed by atoms with Crippen molar-refractivity contribution >= 4 is 24.5 Å². The van der Waals surface area contributed by atoms with E-state index in [1.54, 1.807) is 10.9 Å². The van der Waals surface area contributed by atoms with Gasteiger partial charge in [0.25, 0.3) is 0 Å². The first-order chi connectivity index (χ1) is 11.3. The molecule has 0 spiro atoms. The second-order valence-corrected chi connectivity index (χ2v) is 5.40. The minimum absolute atomic E-state index is 0.465. The van der Waals surface area contributed by atoms with E-state index in [0.29, 0.717) is 10.6 Å². The van der Waals surface area contributed by atoms with Gasteiger partial charge >= 0.3 is 0 Å². The van der Waals surface area contributed by atoms with Crippen molar-refractivity contribution in [1.82, 2.24) is 14.9 Å². The quantitative estimate of drug-likeness (QED) is 0.570. The summed E-state index contributed by atoms with van der Waals surface area (Å²) in [6.07, 6.45) is 5.58. The molecule has 0 bridgehead atoms. The summed E-state index contributed by atoms with van der Waals surface area (Å²) in [5.74, 6) is 0.706. The van der Waals surface area contributed by atoms with E-state index < -0.39 is 0 Å². The van der Waals surface area contributed by atoms with Crippen LogP contribution in [0.2, 0.25) is 0 Å². The van der Waals surface area contributed by atoms with Crippen LogP contribution in [0, 0.1) is 11.7 Å². The molecule has 0 amide bonds. The molecule has 0 unspecified atom stereocenters. The van der Waals surface area contributed by atoms with Crippen LogP contribution < -0.4 is 0 Å². The summed E-state index contributed by atoms with van der Waals surface area (Å²) in [6.45, 7) is 2.04. The molecule has 4 nitrogen and oxygen atoms in total. The number of rotatable bonds is 4. The summed E-state index contributed by atoms with van der Waals surface area (Å²) in [4.78, 5) is 0. The molecule has 3 aromatic rings. The van der Waals surface area contributed by atoms with Gasteiger partial charge in [-0.1, -0.05) is 60.7 Å². The lowest BCUT2D eigenvalue weighted by Gasteiger charge is -2.03. The molecule has 3 rings (SSSR count). The van der Waals surface area contributed by atoms with Gasteiger partial charge in [-0.15, -0.1) is 0 Å². The predicted octanol–water partition coefficient (Wildman–Crippen LogP) is 4.46. The highest BCUT2D eigenvalue weighted by molar-refractivity contribution is 7.71. The maximum Gasteiger partial charge on any atom is 0.216 e. The predicted molar refractivity (Wildman–Crippen MR) is 97.0 cm³/mol. The zero-order valence-electron chi connectivity index (χ0n) is 12.7. The van der Waals surface area contributed by atoms with E-state index in [4.69, 9.17) is 12.2 Å². The number of hydrogen-bond acceptors (Lipinski definition) is 3. The van der Waals surface area contributed by atoms with Crippen molar-refractivity contribution < 1.29 is 0 Å². The van der Waals surface area contributed by atoms with Crippen molar-refractivity contribution in [3.05, 3.63) is 76.6 Å². The normalized spacial score (nSPS) is 11.5. The Labute approximate surface area is 139 Å². The molecule has 0 aliphatic rings. The number of H-pyrrole nitrogens is 1. The van der Waals surface area contributed by atoms with Gasteiger partial charge in [0.05, 0.1) is 0 Å². The van der Waals surface area contributed by atoms with E-state index in [1.807, 2.05) is 73.7 Å². The minimum Gasteiger partial charge on any atom is -0.250 e. The molecule has 23 heavy (non-hydrogen) atoms. The van der Waals surface area contributed by atoms with Crippen LogP contribution in [-0.4, -0.2) is 21.1 Å². The van der Waals surface area contributed by atoms with Crippen molar-refractivity contribution in [3.63, 3.8) is 0 Å². The lowest BCUT2D eigenvalue weighted by atomic mass is 10.1. The second kappa shape index (κ2) is 6.98. The number of aromatic amines is 1. The fraction of sp³-hybridized carbons (Fsp3) is 0.0556. The molecule has 2 aromatic carbocycles. The summed E-state index contributed by atoms with van der Waals surface area (Å²) in [5, 5.41) is 11.5. The van der Waals surface area contributed by atoms with Gasteiger partial charge in [0.2, 0.25) is 4.77 Å². The highest BCUT2D eigenvalue weighted by Crippen LogP contribution is 2.20. The molecule has 0 radical (unpaired) electrons. The summed E-state index contributed by atoms with van der Waals surface area (Å²) in [6, 6.07) is 18.1. The molecule has 1 N–H and O–H groups in total. The van der Waals surface area contributed by atoms with E-state index in [-0.39, 0.29) is 0 Å². The Kier molecular flexibility index (Phi) is 4.59. The zero-order valence-corrected chi connectivity index (χ0v) is 13.5. The molecule has 5 heteroatoms. The molecule has 0 aliphatic heterocycles. The molecule has 1 aromatic heterocycles. The van der Waals surface area contributed by atoms with E-state index in [0.717, 1.165) is 16.7 Å². The third-order valence-electron chi connectivity index (χ3n) is 3.39. The Morgan fingerprint density at radius 1 is 1.09 bits per heavy atom. The summed E-state index contributed by atoms with van der Waals surface area (Å²) in [5.41, 5.74) is 3.25. The Hall–Kier alpha value is -2.79. The van der Waals surface area contributed by atoms with Crippen LogP contribution in [0.3, 0.4) is 0 Å². The van der Waals surface area contributed by atoms with Crippen LogP contribution in [0.5, 0.6) is 0 Å². The molecule has 0 saturated heterocycles. The average Bonchev–Trinajstić information content (AvgIpc) is 2.94.